The number of rotatable bonds is 6. The lowest BCUT2D eigenvalue weighted by Gasteiger charge is -2.35. The summed E-state index contributed by atoms with van der Waals surface area (Å²) in [4.78, 5) is 28.1. The van der Waals surface area contributed by atoms with E-state index in [9.17, 15) is 14.7 Å². The molecule has 0 atom stereocenters. The Hall–Kier alpha value is -0.710. The molecule has 1 amide bonds. The minimum absolute atomic E-state index is 0.0872. The number of aliphatic carboxylic acids is 1. The van der Waals surface area contributed by atoms with E-state index in [0.717, 1.165) is 24.7 Å². The van der Waals surface area contributed by atoms with Gasteiger partial charge in [-0.05, 0) is 29.8 Å². The Morgan fingerprint density at radius 2 is 1.67 bits per heavy atom. The van der Waals surface area contributed by atoms with Gasteiger partial charge in [-0.25, -0.2) is 0 Å². The molecule has 1 fully saturated rings. The number of benzene rings is 1. The number of ether oxygens (including phenoxy) is 1. The Labute approximate surface area is 205 Å². The molecule has 0 saturated carbocycles. The van der Waals surface area contributed by atoms with Crippen LogP contribution in [0, 0.1) is 0 Å². The third-order valence-electron chi connectivity index (χ3n) is 4.94. The molecular weight excluding hydrogens is 607 g/mol. The SMILES string of the molecule is O=C(COC1C(Br)=CC(Br)(C(=O)O)C=C1Br)N1CCN(Cc2ccc(Cl)cc2)CC1. The highest BCUT2D eigenvalue weighted by Gasteiger charge is 2.38. The fourth-order valence-corrected chi connectivity index (χ4v) is 6.28. The Kier molecular flexibility index (Phi) is 8.20. The maximum absolute atomic E-state index is 12.6. The van der Waals surface area contributed by atoms with Crippen molar-refractivity contribution in [2.45, 2.75) is 17.0 Å². The van der Waals surface area contributed by atoms with Crippen molar-refractivity contribution in [2.24, 2.45) is 0 Å². The van der Waals surface area contributed by atoms with Gasteiger partial charge in [-0.2, -0.15) is 0 Å². The molecule has 10 heteroatoms. The summed E-state index contributed by atoms with van der Waals surface area (Å²) in [6.07, 6.45) is 2.46. The second kappa shape index (κ2) is 10.3. The zero-order valence-electron chi connectivity index (χ0n) is 15.9. The van der Waals surface area contributed by atoms with E-state index in [-0.39, 0.29) is 12.5 Å². The van der Waals surface area contributed by atoms with Gasteiger partial charge in [0.05, 0.1) is 0 Å². The van der Waals surface area contributed by atoms with Gasteiger partial charge < -0.3 is 14.7 Å². The first kappa shape index (κ1) is 23.9. The molecule has 0 aromatic heterocycles. The average molecular weight is 628 g/mol. The molecule has 0 unspecified atom stereocenters. The van der Waals surface area contributed by atoms with Gasteiger partial charge in [-0.3, -0.25) is 14.5 Å². The molecule has 0 bridgehead atoms. The van der Waals surface area contributed by atoms with E-state index >= 15 is 0 Å². The largest absolute Gasteiger partial charge is 0.480 e. The van der Waals surface area contributed by atoms with Gasteiger partial charge in [0.2, 0.25) is 5.91 Å². The van der Waals surface area contributed by atoms with Crippen LogP contribution in [-0.4, -0.2) is 70.0 Å². The highest BCUT2D eigenvalue weighted by Crippen LogP contribution is 2.38. The number of hydrogen-bond acceptors (Lipinski definition) is 4. The maximum atomic E-state index is 12.6. The normalized spacial score (nSPS) is 24.9. The van der Waals surface area contributed by atoms with Gasteiger partial charge >= 0.3 is 5.97 Å². The maximum Gasteiger partial charge on any atom is 0.328 e. The van der Waals surface area contributed by atoms with Crippen molar-refractivity contribution in [1.82, 2.24) is 9.80 Å². The predicted molar refractivity (Wildman–Crippen MR) is 126 cm³/mol. The smallest absolute Gasteiger partial charge is 0.328 e. The van der Waals surface area contributed by atoms with E-state index in [1.54, 1.807) is 4.90 Å². The van der Waals surface area contributed by atoms with Crippen molar-refractivity contribution in [2.75, 3.05) is 32.8 Å². The van der Waals surface area contributed by atoms with E-state index in [1.807, 2.05) is 24.3 Å². The van der Waals surface area contributed by atoms with Crippen LogP contribution in [0.15, 0.2) is 45.4 Å². The van der Waals surface area contributed by atoms with E-state index in [2.05, 4.69) is 52.7 Å². The predicted octanol–water partition coefficient (Wildman–Crippen LogP) is 4.16. The molecule has 1 aliphatic carbocycles. The third-order valence-corrected chi connectivity index (χ3v) is 7.28. The fourth-order valence-electron chi connectivity index (χ4n) is 3.26. The Balaban J connectivity index is 1.48. The molecule has 1 saturated heterocycles. The van der Waals surface area contributed by atoms with Gasteiger partial charge in [0.25, 0.3) is 0 Å². The van der Waals surface area contributed by atoms with E-state index < -0.39 is 16.4 Å². The van der Waals surface area contributed by atoms with Gasteiger partial charge in [0.15, 0.2) is 4.32 Å². The lowest BCUT2D eigenvalue weighted by atomic mass is 10.0. The quantitative estimate of drug-likeness (QED) is 0.480. The van der Waals surface area contributed by atoms with Crippen LogP contribution in [0.1, 0.15) is 5.56 Å². The molecule has 2 aliphatic rings. The number of hydrogen-bond donors (Lipinski definition) is 1. The summed E-state index contributed by atoms with van der Waals surface area (Å²) in [7, 11) is 0. The molecule has 0 spiro atoms. The first-order valence-electron chi connectivity index (χ1n) is 9.23. The highest BCUT2D eigenvalue weighted by atomic mass is 79.9. The minimum Gasteiger partial charge on any atom is -0.480 e. The van der Waals surface area contributed by atoms with Gasteiger partial charge in [0.1, 0.15) is 12.7 Å². The number of carboxylic acids is 1. The van der Waals surface area contributed by atoms with Gasteiger partial charge in [-0.1, -0.05) is 71.5 Å². The molecule has 1 N–H and O–H groups in total. The Bertz CT molecular complexity index is 847. The standard InChI is InChI=1S/C20H20Br3ClN2O4/c21-15-9-20(23,19(28)29)10-16(22)18(15)30-12-17(27)26-7-5-25(6-8-26)11-13-1-3-14(24)4-2-13/h1-4,9-10,18H,5-8,11-12H2,(H,28,29). The lowest BCUT2D eigenvalue weighted by Crippen LogP contribution is -2.49. The number of alkyl halides is 1. The Morgan fingerprint density at radius 3 is 2.20 bits per heavy atom. The zero-order chi connectivity index (χ0) is 21.9. The first-order valence-corrected chi connectivity index (χ1v) is 12.0. The van der Waals surface area contributed by atoms with Crippen LogP contribution in [0.25, 0.3) is 0 Å². The summed E-state index contributed by atoms with van der Waals surface area (Å²) in [5.74, 6) is -1.13. The van der Waals surface area contributed by atoms with Crippen LogP contribution in [0.3, 0.4) is 0 Å². The molecule has 1 heterocycles. The molecule has 1 aromatic carbocycles. The molecule has 1 aliphatic heterocycles. The Morgan fingerprint density at radius 1 is 1.10 bits per heavy atom. The number of carbonyl (C=O) groups is 2. The van der Waals surface area contributed by atoms with E-state index in [0.29, 0.717) is 22.1 Å². The number of carbonyl (C=O) groups excluding carboxylic acids is 1. The molecule has 6 nitrogen and oxygen atoms in total. The number of piperazine rings is 1. The summed E-state index contributed by atoms with van der Waals surface area (Å²) in [6, 6.07) is 7.80. The second-order valence-corrected chi connectivity index (χ2v) is 10.7. The number of carboxylic acid groups (broad SMARTS) is 1. The third kappa shape index (κ3) is 5.95. The first-order chi connectivity index (χ1) is 14.2. The van der Waals surface area contributed by atoms with Crippen molar-refractivity contribution in [3.05, 3.63) is 56.0 Å². The summed E-state index contributed by atoms with van der Waals surface area (Å²) in [6.45, 7) is 3.59. The molecule has 162 valence electrons. The van der Waals surface area contributed by atoms with E-state index in [1.165, 1.54) is 17.7 Å². The summed E-state index contributed by atoms with van der Waals surface area (Å²) >= 11 is 15.8. The molecular formula is C20H20Br3ClN2O4. The van der Waals surface area contributed by atoms with E-state index in [4.69, 9.17) is 16.3 Å². The topological polar surface area (TPSA) is 70.1 Å². The summed E-state index contributed by atoms with van der Waals surface area (Å²) in [5.41, 5.74) is 1.19. The molecule has 30 heavy (non-hydrogen) atoms. The van der Waals surface area contributed by atoms with Crippen LogP contribution in [0.2, 0.25) is 5.02 Å². The molecule has 1 aromatic rings. The monoisotopic (exact) mass is 624 g/mol. The summed E-state index contributed by atoms with van der Waals surface area (Å²) < 4.78 is 5.53. The van der Waals surface area contributed by atoms with Gasteiger partial charge in [0, 0.05) is 46.7 Å². The lowest BCUT2D eigenvalue weighted by molar-refractivity contribution is -0.139. The highest BCUT2D eigenvalue weighted by molar-refractivity contribution is 9.12. The van der Waals surface area contributed by atoms with Crippen LogP contribution >= 0.6 is 59.4 Å². The van der Waals surface area contributed by atoms with Crippen molar-refractivity contribution >= 4 is 71.3 Å². The second-order valence-electron chi connectivity index (χ2n) is 7.11. The number of amides is 1. The van der Waals surface area contributed by atoms with Crippen molar-refractivity contribution in [3.8, 4) is 0 Å². The zero-order valence-corrected chi connectivity index (χ0v) is 21.4. The number of nitrogens with zero attached hydrogens (tertiary/aromatic N) is 2. The van der Waals surface area contributed by atoms with Crippen LogP contribution in [0.5, 0.6) is 0 Å². The van der Waals surface area contributed by atoms with Crippen molar-refractivity contribution in [3.63, 3.8) is 0 Å². The van der Waals surface area contributed by atoms with Crippen molar-refractivity contribution in [1.29, 1.82) is 0 Å². The molecule has 0 radical (unpaired) electrons. The molecule has 3 rings (SSSR count). The summed E-state index contributed by atoms with van der Waals surface area (Å²) in [5, 5.41) is 10.1. The average Bonchev–Trinajstić information content (AvgIpc) is 2.69. The van der Waals surface area contributed by atoms with Crippen LogP contribution < -0.4 is 0 Å². The van der Waals surface area contributed by atoms with Crippen LogP contribution in [0.4, 0.5) is 0 Å². The van der Waals surface area contributed by atoms with Gasteiger partial charge in [-0.15, -0.1) is 0 Å². The van der Waals surface area contributed by atoms with Crippen LogP contribution in [-0.2, 0) is 20.9 Å². The minimum atomic E-state index is -1.31. The number of halogens is 4. The fraction of sp³-hybridized carbons (Fsp3) is 0.400. The van der Waals surface area contributed by atoms with Crippen molar-refractivity contribution < 1.29 is 19.4 Å².